The van der Waals surface area contributed by atoms with Crippen LogP contribution in [0, 0.1) is 35.0 Å². The summed E-state index contributed by atoms with van der Waals surface area (Å²) in [4.78, 5) is 0. The highest BCUT2D eigenvalue weighted by molar-refractivity contribution is 5.38. The van der Waals surface area contributed by atoms with E-state index < -0.39 is 17.7 Å². The fraction of sp³-hybridized carbons (Fsp3) is 0.724. The second kappa shape index (κ2) is 10.5. The maximum Gasteiger partial charge on any atom is 0.121 e. The first-order valence-electron chi connectivity index (χ1n) is 12.8. The molecule has 184 valence electrons. The minimum atomic E-state index is -0.637. The van der Waals surface area contributed by atoms with E-state index in [1.54, 1.807) is 0 Å². The van der Waals surface area contributed by atoms with Crippen LogP contribution in [0.3, 0.4) is 0 Å². The molecule has 0 spiro atoms. The van der Waals surface area contributed by atoms with Gasteiger partial charge in [0, 0.05) is 13.0 Å². The maximum absolute atomic E-state index is 10.2. The summed E-state index contributed by atoms with van der Waals surface area (Å²) in [5, 5.41) is 20.3. The van der Waals surface area contributed by atoms with Crippen molar-refractivity contribution in [1.29, 1.82) is 0 Å². The van der Waals surface area contributed by atoms with Crippen LogP contribution >= 0.6 is 0 Å². The van der Waals surface area contributed by atoms with Crippen molar-refractivity contribution < 1.29 is 14.9 Å². The minimum absolute atomic E-state index is 0.0941. The van der Waals surface area contributed by atoms with E-state index in [4.69, 9.17) is 10.5 Å². The smallest absolute Gasteiger partial charge is 0.121 e. The van der Waals surface area contributed by atoms with Gasteiger partial charge in [-0.25, -0.2) is 0 Å². The molecule has 3 rings (SSSR count). The third-order valence-corrected chi connectivity index (χ3v) is 8.30. The number of allylic oxidation sites excluding steroid dienone is 3. The van der Waals surface area contributed by atoms with Gasteiger partial charge in [-0.2, -0.15) is 0 Å². The van der Waals surface area contributed by atoms with Crippen LogP contribution in [-0.4, -0.2) is 40.7 Å². The van der Waals surface area contributed by atoms with Crippen LogP contribution in [0.25, 0.3) is 0 Å². The van der Waals surface area contributed by atoms with Crippen molar-refractivity contribution >= 4 is 0 Å². The molecule has 33 heavy (non-hydrogen) atoms. The Hall–Kier alpha value is -1.38. The molecule has 4 heteroatoms. The summed E-state index contributed by atoms with van der Waals surface area (Å²) in [5.41, 5.74) is 9.10. The molecule has 3 fully saturated rings. The third kappa shape index (κ3) is 6.01. The van der Waals surface area contributed by atoms with Crippen LogP contribution in [0.2, 0.25) is 0 Å². The Morgan fingerprint density at radius 1 is 1.30 bits per heavy atom. The number of hydrogen-bond donors (Lipinski definition) is 3. The predicted octanol–water partition coefficient (Wildman–Crippen LogP) is 4.91. The fourth-order valence-electron chi connectivity index (χ4n) is 6.58. The van der Waals surface area contributed by atoms with Gasteiger partial charge in [-0.1, -0.05) is 50.0 Å². The zero-order chi connectivity index (χ0) is 24.4. The third-order valence-electron chi connectivity index (χ3n) is 8.30. The molecule has 0 saturated heterocycles. The van der Waals surface area contributed by atoms with Crippen LogP contribution in [0.1, 0.15) is 79.6 Å². The van der Waals surface area contributed by atoms with Crippen LogP contribution in [-0.2, 0) is 4.74 Å². The molecule has 7 atom stereocenters. The van der Waals surface area contributed by atoms with Gasteiger partial charge in [-0.05, 0) is 93.6 Å². The van der Waals surface area contributed by atoms with Gasteiger partial charge in [0.15, 0.2) is 0 Å². The standard InChI is InChI=1S/C29H45NO3/c1-7-33-27(14-16-28(4,5)30)20(3)24-12-13-25-21(9-8-15-29(24,25)6)10-11-22-17-23(31)18-26(32)19(22)2/h10-11,20,23-27,31-32H,2,7-9,12-13,15,17-18,30H2,1,3-6H3/b21-10?,22-11-/t20-,23-,24+,25-,26+,27?,29+/m0/s1. The van der Waals surface area contributed by atoms with Gasteiger partial charge in [0.2, 0.25) is 0 Å². The normalized spacial score (nSPS) is 36.9. The molecule has 0 heterocycles. The summed E-state index contributed by atoms with van der Waals surface area (Å²) in [6, 6.07) is 0. The molecule has 4 N–H and O–H groups in total. The van der Waals surface area contributed by atoms with E-state index in [-0.39, 0.29) is 11.5 Å². The van der Waals surface area contributed by atoms with Crippen LogP contribution in [0.5, 0.6) is 0 Å². The van der Waals surface area contributed by atoms with E-state index >= 15 is 0 Å². The number of ether oxygens (including phenoxy) is 1. The van der Waals surface area contributed by atoms with E-state index in [9.17, 15) is 10.2 Å². The minimum Gasteiger partial charge on any atom is -0.393 e. The van der Waals surface area contributed by atoms with Gasteiger partial charge in [-0.3, -0.25) is 0 Å². The van der Waals surface area contributed by atoms with E-state index in [2.05, 4.69) is 44.4 Å². The van der Waals surface area contributed by atoms with Gasteiger partial charge in [0.05, 0.1) is 17.7 Å². The second-order valence-corrected chi connectivity index (χ2v) is 11.4. The van der Waals surface area contributed by atoms with Crippen molar-refractivity contribution in [3.05, 3.63) is 35.5 Å². The topological polar surface area (TPSA) is 75.7 Å². The lowest BCUT2D eigenvalue weighted by Crippen LogP contribution is -2.40. The van der Waals surface area contributed by atoms with Crippen molar-refractivity contribution in [2.24, 2.45) is 28.9 Å². The molecule has 3 aliphatic rings. The monoisotopic (exact) mass is 455 g/mol. The molecule has 0 amide bonds. The van der Waals surface area contributed by atoms with Gasteiger partial charge < -0.3 is 20.7 Å². The summed E-state index contributed by atoms with van der Waals surface area (Å²) in [5.74, 6) is 8.03. The van der Waals surface area contributed by atoms with Gasteiger partial charge in [0.25, 0.3) is 0 Å². The first kappa shape index (κ1) is 26.2. The van der Waals surface area contributed by atoms with Crippen LogP contribution < -0.4 is 5.73 Å². The lowest BCUT2D eigenvalue weighted by Gasteiger charge is -2.45. The van der Waals surface area contributed by atoms with Crippen molar-refractivity contribution in [1.82, 2.24) is 0 Å². The molecular weight excluding hydrogens is 410 g/mol. The van der Waals surface area contributed by atoms with Gasteiger partial charge in [-0.15, -0.1) is 0 Å². The molecule has 1 unspecified atom stereocenters. The number of fused-ring (bicyclic) bond motifs is 1. The lowest BCUT2D eigenvalue weighted by molar-refractivity contribution is 0.00513. The predicted molar refractivity (Wildman–Crippen MR) is 135 cm³/mol. The summed E-state index contributed by atoms with van der Waals surface area (Å²) in [6.07, 6.45) is 10.1. The molecule has 4 nitrogen and oxygen atoms in total. The summed E-state index contributed by atoms with van der Waals surface area (Å²) in [7, 11) is 0. The molecule has 0 aromatic rings. The first-order chi connectivity index (χ1) is 15.5. The number of hydrogen-bond acceptors (Lipinski definition) is 4. The highest BCUT2D eigenvalue weighted by Gasteiger charge is 2.51. The Morgan fingerprint density at radius 3 is 2.70 bits per heavy atom. The molecule has 3 aliphatic carbocycles. The Kier molecular flexibility index (Phi) is 8.33. The molecule has 0 radical (unpaired) electrons. The van der Waals surface area contributed by atoms with E-state index in [0.717, 1.165) is 17.6 Å². The molecule has 0 aromatic heterocycles. The van der Waals surface area contributed by atoms with E-state index in [1.165, 1.54) is 31.3 Å². The molecule has 3 saturated carbocycles. The van der Waals surface area contributed by atoms with E-state index in [1.807, 2.05) is 20.8 Å². The van der Waals surface area contributed by atoms with Gasteiger partial charge in [0.1, 0.15) is 6.10 Å². The Labute approximate surface area is 201 Å². The zero-order valence-corrected chi connectivity index (χ0v) is 21.4. The van der Waals surface area contributed by atoms with Crippen LogP contribution in [0.4, 0.5) is 0 Å². The van der Waals surface area contributed by atoms with Crippen LogP contribution in [0.15, 0.2) is 35.5 Å². The number of aliphatic hydroxyl groups excluding tert-OH is 2. The van der Waals surface area contributed by atoms with Crippen molar-refractivity contribution in [3.63, 3.8) is 0 Å². The largest absolute Gasteiger partial charge is 0.393 e. The first-order valence-corrected chi connectivity index (χ1v) is 12.8. The Morgan fingerprint density at radius 2 is 2.03 bits per heavy atom. The Bertz CT molecular complexity index is 839. The van der Waals surface area contributed by atoms with Crippen molar-refractivity contribution in [2.45, 2.75) is 103 Å². The van der Waals surface area contributed by atoms with Crippen molar-refractivity contribution in [2.75, 3.05) is 6.61 Å². The quantitative estimate of drug-likeness (QED) is 0.515. The zero-order valence-electron chi connectivity index (χ0n) is 21.4. The number of aliphatic hydroxyl groups is 2. The fourth-order valence-corrected chi connectivity index (χ4v) is 6.58. The Balaban J connectivity index is 1.82. The number of rotatable bonds is 5. The van der Waals surface area contributed by atoms with Gasteiger partial charge >= 0.3 is 0 Å². The maximum atomic E-state index is 10.2. The summed E-state index contributed by atoms with van der Waals surface area (Å²) < 4.78 is 6.11. The summed E-state index contributed by atoms with van der Waals surface area (Å²) in [6.45, 7) is 15.4. The highest BCUT2D eigenvalue weighted by Crippen LogP contribution is 2.60. The molecule has 0 aromatic carbocycles. The lowest BCUT2D eigenvalue weighted by atomic mass is 9.60. The second-order valence-electron chi connectivity index (χ2n) is 11.4. The average Bonchev–Trinajstić information content (AvgIpc) is 3.09. The van der Waals surface area contributed by atoms with Crippen molar-refractivity contribution in [3.8, 4) is 11.8 Å². The number of nitrogens with two attached hydrogens (primary N) is 1. The highest BCUT2D eigenvalue weighted by atomic mass is 16.5. The molecule has 0 bridgehead atoms. The van der Waals surface area contributed by atoms with E-state index in [0.29, 0.717) is 37.2 Å². The average molecular weight is 456 g/mol. The molecule has 0 aliphatic heterocycles. The molecular formula is C29H45NO3. The summed E-state index contributed by atoms with van der Waals surface area (Å²) >= 11 is 0. The SMILES string of the molecule is C=C1/C(=C\C=C2CCC[C@]3(C)[C@@H]([C@H](C)C(C#CC(C)(C)N)OCC)CC[C@@H]23)C[C@H](O)C[C@H]1O.